The highest BCUT2D eigenvalue weighted by Crippen LogP contribution is 2.41. The first-order chi connectivity index (χ1) is 14.5. The highest BCUT2D eigenvalue weighted by molar-refractivity contribution is 6.32. The number of allylic oxidation sites excluding steroid dienone is 1. The summed E-state index contributed by atoms with van der Waals surface area (Å²) < 4.78 is 5.50. The highest BCUT2D eigenvalue weighted by atomic mass is 16.3. The summed E-state index contributed by atoms with van der Waals surface area (Å²) in [6, 6.07) is 3.65. The van der Waals surface area contributed by atoms with Gasteiger partial charge in [0.1, 0.15) is 11.5 Å². The number of nitrogens with zero attached hydrogens (tertiary/aromatic N) is 4. The van der Waals surface area contributed by atoms with E-state index in [4.69, 9.17) is 10.2 Å². The van der Waals surface area contributed by atoms with Gasteiger partial charge in [-0.2, -0.15) is 9.98 Å². The third-order valence-electron chi connectivity index (χ3n) is 6.27. The van der Waals surface area contributed by atoms with Crippen LogP contribution in [0.15, 0.2) is 48.9 Å². The molecule has 0 aromatic carbocycles. The first-order valence-corrected chi connectivity index (χ1v) is 10.1. The number of amidine groups is 1. The number of primary amides is 1. The van der Waals surface area contributed by atoms with E-state index in [-0.39, 0.29) is 23.5 Å². The SMILES string of the molecule is NC(=O)C1CCN(C2=NC(=O)C3=C4CC(c5ccco5)CC(=O)C4C=NC3=N2)CC1. The Hall–Kier alpha value is -3.36. The van der Waals surface area contributed by atoms with Gasteiger partial charge in [0.25, 0.3) is 5.91 Å². The van der Waals surface area contributed by atoms with Crippen LogP contribution in [-0.4, -0.2) is 53.6 Å². The Morgan fingerprint density at radius 1 is 1.17 bits per heavy atom. The van der Waals surface area contributed by atoms with E-state index in [1.165, 1.54) is 0 Å². The third-order valence-corrected chi connectivity index (χ3v) is 6.27. The molecule has 4 aliphatic rings. The lowest BCUT2D eigenvalue weighted by Gasteiger charge is -2.34. The molecular weight excluding hydrogens is 386 g/mol. The van der Waals surface area contributed by atoms with Gasteiger partial charge in [-0.25, -0.2) is 4.99 Å². The minimum Gasteiger partial charge on any atom is -0.469 e. The monoisotopic (exact) mass is 407 g/mol. The van der Waals surface area contributed by atoms with Gasteiger partial charge in [-0.15, -0.1) is 0 Å². The minimum atomic E-state index is -0.503. The molecule has 9 heteroatoms. The predicted molar refractivity (Wildman–Crippen MR) is 108 cm³/mol. The maximum Gasteiger partial charge on any atom is 0.284 e. The highest BCUT2D eigenvalue weighted by Gasteiger charge is 2.41. The number of guanidine groups is 1. The van der Waals surface area contributed by atoms with Crippen LogP contribution in [0.4, 0.5) is 0 Å². The normalized spacial score (nSPS) is 26.9. The van der Waals surface area contributed by atoms with Gasteiger partial charge in [0.2, 0.25) is 11.9 Å². The summed E-state index contributed by atoms with van der Waals surface area (Å²) in [5.41, 5.74) is 6.45. The Balaban J connectivity index is 1.43. The van der Waals surface area contributed by atoms with Crippen molar-refractivity contribution >= 4 is 35.6 Å². The zero-order valence-corrected chi connectivity index (χ0v) is 16.3. The molecular formula is C21H21N5O4. The molecule has 2 fully saturated rings. The van der Waals surface area contributed by atoms with E-state index in [9.17, 15) is 14.4 Å². The maximum absolute atomic E-state index is 13.0. The quantitative estimate of drug-likeness (QED) is 0.787. The number of aliphatic imine (C=N–C) groups is 3. The van der Waals surface area contributed by atoms with E-state index in [1.807, 2.05) is 11.0 Å². The number of carbonyl (C=O) groups excluding carboxylic acids is 3. The molecule has 0 radical (unpaired) electrons. The van der Waals surface area contributed by atoms with Crippen LogP contribution in [0, 0.1) is 11.8 Å². The molecule has 154 valence electrons. The van der Waals surface area contributed by atoms with Crippen LogP contribution in [0.5, 0.6) is 0 Å². The Kier molecular flexibility index (Phi) is 4.45. The number of likely N-dealkylation sites (tertiary alicyclic amines) is 1. The van der Waals surface area contributed by atoms with Crippen molar-refractivity contribution in [1.29, 1.82) is 0 Å². The summed E-state index contributed by atoms with van der Waals surface area (Å²) in [5, 5.41) is 0. The number of rotatable bonds is 2. The summed E-state index contributed by atoms with van der Waals surface area (Å²) in [5.74, 6) is -0.121. The fourth-order valence-electron chi connectivity index (χ4n) is 4.63. The zero-order chi connectivity index (χ0) is 20.8. The van der Waals surface area contributed by atoms with E-state index in [2.05, 4.69) is 15.0 Å². The molecule has 3 aliphatic heterocycles. The van der Waals surface area contributed by atoms with Gasteiger partial charge in [0.05, 0.1) is 17.8 Å². The molecule has 2 N–H and O–H groups in total. The van der Waals surface area contributed by atoms with Crippen molar-refractivity contribution in [1.82, 2.24) is 4.90 Å². The average Bonchev–Trinajstić information content (AvgIpc) is 3.28. The molecule has 1 aromatic heterocycles. The summed E-state index contributed by atoms with van der Waals surface area (Å²) >= 11 is 0. The number of furan rings is 1. The van der Waals surface area contributed by atoms with E-state index in [0.29, 0.717) is 56.1 Å². The van der Waals surface area contributed by atoms with Gasteiger partial charge in [0, 0.05) is 37.6 Å². The second-order valence-corrected chi connectivity index (χ2v) is 8.06. The lowest BCUT2D eigenvalue weighted by Crippen LogP contribution is -2.43. The van der Waals surface area contributed by atoms with Crippen molar-refractivity contribution < 1.29 is 18.8 Å². The first kappa shape index (κ1) is 18.7. The largest absolute Gasteiger partial charge is 0.469 e. The average molecular weight is 407 g/mol. The summed E-state index contributed by atoms with van der Waals surface area (Å²) in [7, 11) is 0. The number of Topliss-reactive ketones (excluding diaryl/α,β-unsaturated/α-hetero) is 1. The number of nitrogens with two attached hydrogens (primary N) is 1. The standard InChI is InChI=1S/C21H21N5O4/c22-18(28)11-3-5-26(6-4-11)21-24-19-17(20(29)25-21)13-8-12(16-2-1-7-30-16)9-15(27)14(13)10-23-19/h1-2,7,10-12,14H,3-6,8-9H2,(H2,22,28). The Morgan fingerprint density at radius 2 is 1.97 bits per heavy atom. The Labute approximate surface area is 172 Å². The van der Waals surface area contributed by atoms with Gasteiger partial charge in [-0.3, -0.25) is 14.4 Å². The number of ketones is 1. The van der Waals surface area contributed by atoms with Gasteiger partial charge in [-0.05, 0) is 37.0 Å². The summed E-state index contributed by atoms with van der Waals surface area (Å²) in [6.07, 6.45) is 5.27. The number of amides is 2. The fraction of sp³-hybridized carbons (Fsp3) is 0.429. The summed E-state index contributed by atoms with van der Waals surface area (Å²) in [4.78, 5) is 52.0. The van der Waals surface area contributed by atoms with Crippen LogP contribution in [0.25, 0.3) is 0 Å². The van der Waals surface area contributed by atoms with E-state index in [0.717, 1.165) is 11.3 Å². The number of dihydropyridines is 1. The van der Waals surface area contributed by atoms with Crippen LogP contribution in [0.2, 0.25) is 0 Å². The number of hydrogen-bond acceptors (Lipinski definition) is 7. The van der Waals surface area contributed by atoms with Crippen LogP contribution in [0.3, 0.4) is 0 Å². The molecule has 9 nitrogen and oxygen atoms in total. The first-order valence-electron chi connectivity index (χ1n) is 10.1. The van der Waals surface area contributed by atoms with Crippen LogP contribution in [0.1, 0.15) is 37.4 Å². The molecule has 0 bridgehead atoms. The molecule has 2 amide bonds. The molecule has 1 aliphatic carbocycles. The molecule has 0 spiro atoms. The smallest absolute Gasteiger partial charge is 0.284 e. The van der Waals surface area contributed by atoms with Crippen molar-refractivity contribution in [2.24, 2.45) is 32.5 Å². The molecule has 1 aromatic rings. The molecule has 2 unspecified atom stereocenters. The Bertz CT molecular complexity index is 1040. The molecule has 4 heterocycles. The predicted octanol–water partition coefficient (Wildman–Crippen LogP) is 1.22. The van der Waals surface area contributed by atoms with Gasteiger partial charge in [0.15, 0.2) is 5.84 Å². The van der Waals surface area contributed by atoms with Gasteiger partial charge < -0.3 is 15.1 Å². The summed E-state index contributed by atoms with van der Waals surface area (Å²) in [6.45, 7) is 1.10. The van der Waals surface area contributed by atoms with Crippen LogP contribution >= 0.6 is 0 Å². The van der Waals surface area contributed by atoms with E-state index < -0.39 is 11.8 Å². The molecule has 1 saturated heterocycles. The topological polar surface area (TPSA) is 131 Å². The van der Waals surface area contributed by atoms with Gasteiger partial charge in [-0.1, -0.05) is 0 Å². The second kappa shape index (κ2) is 7.16. The lowest BCUT2D eigenvalue weighted by molar-refractivity contribution is -0.123. The van der Waals surface area contributed by atoms with Crippen molar-refractivity contribution in [3.63, 3.8) is 0 Å². The minimum absolute atomic E-state index is 0.0176. The van der Waals surface area contributed by atoms with E-state index in [1.54, 1.807) is 18.5 Å². The number of carbonyl (C=O) groups is 3. The molecule has 30 heavy (non-hydrogen) atoms. The molecule has 2 atom stereocenters. The Morgan fingerprint density at radius 3 is 2.67 bits per heavy atom. The van der Waals surface area contributed by atoms with Crippen molar-refractivity contribution in [2.45, 2.75) is 31.6 Å². The van der Waals surface area contributed by atoms with Crippen molar-refractivity contribution in [3.05, 3.63) is 35.3 Å². The second-order valence-electron chi connectivity index (χ2n) is 8.06. The number of hydrogen-bond donors (Lipinski definition) is 1. The van der Waals surface area contributed by atoms with E-state index >= 15 is 0 Å². The molecule has 5 rings (SSSR count). The zero-order valence-electron chi connectivity index (χ0n) is 16.3. The van der Waals surface area contributed by atoms with Crippen molar-refractivity contribution in [2.75, 3.05) is 13.1 Å². The van der Waals surface area contributed by atoms with Crippen LogP contribution in [-0.2, 0) is 14.4 Å². The van der Waals surface area contributed by atoms with Crippen molar-refractivity contribution in [3.8, 4) is 0 Å². The molecule has 1 saturated carbocycles. The van der Waals surface area contributed by atoms with Gasteiger partial charge >= 0.3 is 0 Å². The third kappa shape index (κ3) is 3.10. The number of piperidine rings is 1. The number of fused-ring (bicyclic) bond motifs is 2. The maximum atomic E-state index is 13.0. The fourth-order valence-corrected chi connectivity index (χ4v) is 4.63. The lowest BCUT2D eigenvalue weighted by atomic mass is 9.73. The van der Waals surface area contributed by atoms with Crippen LogP contribution < -0.4 is 5.73 Å².